The zero-order valence-corrected chi connectivity index (χ0v) is 18.7. The van der Waals surface area contributed by atoms with Gasteiger partial charge in [0.1, 0.15) is 0 Å². The van der Waals surface area contributed by atoms with Gasteiger partial charge in [-0.25, -0.2) is 4.98 Å². The van der Waals surface area contributed by atoms with E-state index in [9.17, 15) is 10.2 Å². The van der Waals surface area contributed by atoms with E-state index in [2.05, 4.69) is 39.2 Å². The number of benzene rings is 1. The van der Waals surface area contributed by atoms with Crippen LogP contribution in [0.5, 0.6) is 11.8 Å². The highest BCUT2D eigenvalue weighted by Crippen LogP contribution is 2.24. The van der Waals surface area contributed by atoms with Crippen LogP contribution in [0.2, 0.25) is 0 Å². The number of nitrogens with one attached hydrogen (secondary N) is 1. The van der Waals surface area contributed by atoms with E-state index in [-0.39, 0.29) is 11.8 Å². The second-order valence-electron chi connectivity index (χ2n) is 8.89. The van der Waals surface area contributed by atoms with Gasteiger partial charge < -0.3 is 14.9 Å². The lowest BCUT2D eigenvalue weighted by atomic mass is 10.1. The first-order valence-corrected chi connectivity index (χ1v) is 11.6. The fourth-order valence-electron chi connectivity index (χ4n) is 4.27. The minimum Gasteiger partial charge on any atom is -0.494 e. The first-order valence-electron chi connectivity index (χ1n) is 11.6. The van der Waals surface area contributed by atoms with Crippen molar-refractivity contribution in [2.75, 3.05) is 26.3 Å². The molecule has 34 heavy (non-hydrogen) atoms. The third-order valence-electron chi connectivity index (χ3n) is 6.20. The summed E-state index contributed by atoms with van der Waals surface area (Å²) in [5.74, 6) is -0.206. The predicted octanol–water partition coefficient (Wildman–Crippen LogP) is 1.58. The minimum absolute atomic E-state index is 0.102. The second kappa shape index (κ2) is 8.58. The molecule has 1 aliphatic carbocycles. The smallest absolute Gasteiger partial charge is 0.198 e. The molecular weight excluding hydrogens is 432 g/mol. The van der Waals surface area contributed by atoms with Crippen LogP contribution in [0.3, 0.4) is 0 Å². The maximum Gasteiger partial charge on any atom is 0.198 e. The molecule has 1 aliphatic heterocycles. The second-order valence-corrected chi connectivity index (χ2v) is 8.89. The molecule has 1 aromatic carbocycles. The van der Waals surface area contributed by atoms with E-state index in [1.807, 2.05) is 6.07 Å². The third kappa shape index (κ3) is 4.27. The van der Waals surface area contributed by atoms with E-state index in [1.54, 1.807) is 16.8 Å². The van der Waals surface area contributed by atoms with Gasteiger partial charge in [-0.1, -0.05) is 18.2 Å². The van der Waals surface area contributed by atoms with Gasteiger partial charge in [0, 0.05) is 48.1 Å². The predicted molar refractivity (Wildman–Crippen MR) is 126 cm³/mol. The van der Waals surface area contributed by atoms with Crippen molar-refractivity contribution in [1.82, 2.24) is 24.5 Å². The van der Waals surface area contributed by atoms with Gasteiger partial charge in [0.15, 0.2) is 22.9 Å². The highest BCUT2D eigenvalue weighted by Gasteiger charge is 2.20. The molecule has 2 fully saturated rings. The van der Waals surface area contributed by atoms with Crippen molar-refractivity contribution in [3.63, 3.8) is 0 Å². The quantitative estimate of drug-likeness (QED) is 0.419. The molecule has 4 heterocycles. The number of aromatic nitrogens is 4. The topological polar surface area (TPSA) is 111 Å². The first-order chi connectivity index (χ1) is 16.6. The molecule has 9 heteroatoms. The van der Waals surface area contributed by atoms with Crippen LogP contribution in [0.4, 0.5) is 0 Å². The molecule has 4 aromatic rings. The molecule has 0 radical (unpaired) electrons. The number of aromatic hydroxyl groups is 2. The third-order valence-corrected chi connectivity index (χ3v) is 6.20. The molecule has 1 saturated heterocycles. The van der Waals surface area contributed by atoms with E-state index in [1.165, 1.54) is 11.6 Å². The van der Waals surface area contributed by atoms with Crippen LogP contribution in [0.1, 0.15) is 24.0 Å². The number of hydrogen-bond donors (Lipinski definition) is 3. The molecule has 0 bridgehead atoms. The van der Waals surface area contributed by atoms with E-state index in [4.69, 9.17) is 14.7 Å². The number of fused-ring (bicyclic) bond motifs is 1. The van der Waals surface area contributed by atoms with Crippen LogP contribution in [-0.2, 0) is 11.3 Å². The van der Waals surface area contributed by atoms with Gasteiger partial charge in [0.05, 0.1) is 31.1 Å². The Labute approximate surface area is 195 Å². The lowest BCUT2D eigenvalue weighted by molar-refractivity contribution is 0.0342. The summed E-state index contributed by atoms with van der Waals surface area (Å²) in [6.45, 7) is 4.31. The summed E-state index contributed by atoms with van der Waals surface area (Å²) in [6.07, 6.45) is 5.63. The summed E-state index contributed by atoms with van der Waals surface area (Å²) in [4.78, 5) is 14.7. The average Bonchev–Trinajstić information content (AvgIpc) is 3.48. The van der Waals surface area contributed by atoms with Crippen molar-refractivity contribution < 1.29 is 14.9 Å². The van der Waals surface area contributed by atoms with Crippen molar-refractivity contribution >= 4 is 11.7 Å². The van der Waals surface area contributed by atoms with Gasteiger partial charge >= 0.3 is 0 Å². The summed E-state index contributed by atoms with van der Waals surface area (Å²) in [5.41, 5.74) is 4.96. The molecule has 0 unspecified atom stereocenters. The molecule has 0 spiro atoms. The Bertz CT molecular complexity index is 1460. The SMILES string of the molecule is Oc1cc(C=c2cnn3c(=NC4CC4)cc(-c4cccc(CN5CCOCC5)c4)nc23)c(O)[nH]1. The highest BCUT2D eigenvalue weighted by atomic mass is 16.5. The monoisotopic (exact) mass is 458 g/mol. The summed E-state index contributed by atoms with van der Waals surface area (Å²) in [6, 6.07) is 12.3. The molecule has 0 amide bonds. The number of H-pyrrole nitrogens is 1. The molecule has 3 N–H and O–H groups in total. The van der Waals surface area contributed by atoms with Crippen LogP contribution < -0.4 is 10.7 Å². The van der Waals surface area contributed by atoms with Crippen molar-refractivity contribution in [2.24, 2.45) is 4.99 Å². The molecule has 6 rings (SSSR count). The van der Waals surface area contributed by atoms with Crippen LogP contribution in [0, 0.1) is 0 Å². The largest absolute Gasteiger partial charge is 0.494 e. The fraction of sp³-hybridized carbons (Fsp3) is 0.320. The lowest BCUT2D eigenvalue weighted by Crippen LogP contribution is -2.35. The Morgan fingerprint density at radius 3 is 2.76 bits per heavy atom. The van der Waals surface area contributed by atoms with Crippen molar-refractivity contribution in [3.05, 3.63) is 64.4 Å². The number of ether oxygens (including phenoxy) is 1. The van der Waals surface area contributed by atoms with Gasteiger partial charge in [-0.2, -0.15) is 9.61 Å². The molecule has 2 aliphatic rings. The summed E-state index contributed by atoms with van der Waals surface area (Å²) in [5, 5.41) is 25.0. The van der Waals surface area contributed by atoms with Gasteiger partial charge in [-0.3, -0.25) is 14.9 Å². The van der Waals surface area contributed by atoms with E-state index < -0.39 is 0 Å². The van der Waals surface area contributed by atoms with Crippen molar-refractivity contribution in [2.45, 2.75) is 25.4 Å². The highest BCUT2D eigenvalue weighted by molar-refractivity contribution is 5.65. The Hall–Kier alpha value is -3.69. The lowest BCUT2D eigenvalue weighted by Gasteiger charge is -2.26. The Balaban J connectivity index is 1.45. The summed E-state index contributed by atoms with van der Waals surface area (Å²) < 4.78 is 7.22. The van der Waals surface area contributed by atoms with E-state index in [0.29, 0.717) is 17.3 Å². The molecule has 1 saturated carbocycles. The maximum absolute atomic E-state index is 10.1. The fourth-order valence-corrected chi connectivity index (χ4v) is 4.27. The molecule has 174 valence electrons. The summed E-state index contributed by atoms with van der Waals surface area (Å²) >= 11 is 0. The van der Waals surface area contributed by atoms with Crippen LogP contribution in [0.15, 0.2) is 47.6 Å². The Morgan fingerprint density at radius 1 is 1.15 bits per heavy atom. The zero-order chi connectivity index (χ0) is 23.1. The van der Waals surface area contributed by atoms with Gasteiger partial charge in [0.25, 0.3) is 0 Å². The average molecular weight is 459 g/mol. The molecule has 3 aromatic heterocycles. The molecule has 9 nitrogen and oxygen atoms in total. The maximum atomic E-state index is 10.1. The summed E-state index contributed by atoms with van der Waals surface area (Å²) in [7, 11) is 0. The first kappa shape index (κ1) is 20.9. The number of rotatable bonds is 5. The molecule has 0 atom stereocenters. The van der Waals surface area contributed by atoms with E-state index in [0.717, 1.165) is 67.7 Å². The van der Waals surface area contributed by atoms with E-state index >= 15 is 0 Å². The number of nitrogens with zero attached hydrogens (tertiary/aromatic N) is 5. The zero-order valence-electron chi connectivity index (χ0n) is 18.7. The minimum atomic E-state index is -0.105. The number of morpholine rings is 1. The number of aromatic amines is 1. The Kier molecular flexibility index (Phi) is 5.27. The van der Waals surface area contributed by atoms with Crippen molar-refractivity contribution in [1.29, 1.82) is 0 Å². The van der Waals surface area contributed by atoms with Crippen LogP contribution in [0.25, 0.3) is 23.0 Å². The Morgan fingerprint density at radius 2 is 2.00 bits per heavy atom. The van der Waals surface area contributed by atoms with Gasteiger partial charge in [0.2, 0.25) is 0 Å². The van der Waals surface area contributed by atoms with Crippen molar-refractivity contribution in [3.8, 4) is 23.0 Å². The molecular formula is C25H26N6O3. The van der Waals surface area contributed by atoms with Gasteiger partial charge in [-0.05, 0) is 30.5 Å². The van der Waals surface area contributed by atoms with Crippen LogP contribution >= 0.6 is 0 Å². The number of hydrogen-bond acceptors (Lipinski definition) is 7. The standard InChI is InChI=1S/C25H26N6O3/c32-23-12-18(25(33)29-23)11-19-14-26-31-22(27-20-4-5-20)13-21(28-24(19)31)17-3-1-2-16(10-17)15-30-6-8-34-9-7-30/h1-3,10-14,20,29,32-33H,4-9,15H2. The van der Waals surface area contributed by atoms with Crippen LogP contribution in [-0.4, -0.2) is 67.0 Å². The van der Waals surface area contributed by atoms with Gasteiger partial charge in [-0.15, -0.1) is 0 Å². The normalized spacial score (nSPS) is 18.2.